The lowest BCUT2D eigenvalue weighted by Crippen LogP contribution is -2.42. The summed E-state index contributed by atoms with van der Waals surface area (Å²) in [5.41, 5.74) is -4.66. The van der Waals surface area contributed by atoms with E-state index < -0.39 is 44.2 Å². The molecule has 6 N–H and O–H groups in total. The van der Waals surface area contributed by atoms with E-state index in [-0.39, 0.29) is 0 Å². The quantitative estimate of drug-likeness (QED) is 0.211. The standard InChI is InChI=1S/C5H8O11P2/c6-1(2(7)4(9)17(11,12)13)3(8)5(10)18(14,15)16/h1-2,6-7H,(H2,11,12,13)(H2,14,15,16). The zero-order valence-electron chi connectivity index (χ0n) is 8.27. The maximum atomic E-state index is 10.9. The number of ketones is 1. The Morgan fingerprint density at radius 2 is 1.17 bits per heavy atom. The van der Waals surface area contributed by atoms with Crippen LogP contribution in [0.1, 0.15) is 0 Å². The van der Waals surface area contributed by atoms with Crippen LogP contribution in [0.3, 0.4) is 0 Å². The first-order chi connectivity index (χ1) is 7.80. The summed E-state index contributed by atoms with van der Waals surface area (Å²) >= 11 is 0. The van der Waals surface area contributed by atoms with Gasteiger partial charge in [0.1, 0.15) is 0 Å². The van der Waals surface area contributed by atoms with E-state index in [2.05, 4.69) is 0 Å². The first kappa shape index (κ1) is 17.2. The molecule has 0 aliphatic carbocycles. The Morgan fingerprint density at radius 1 is 0.778 bits per heavy atom. The molecule has 2 atom stereocenters. The second-order valence-electron chi connectivity index (χ2n) is 2.99. The van der Waals surface area contributed by atoms with Crippen molar-refractivity contribution >= 4 is 32.0 Å². The van der Waals surface area contributed by atoms with Gasteiger partial charge in [0.15, 0.2) is 12.2 Å². The summed E-state index contributed by atoms with van der Waals surface area (Å²) in [5.74, 6) is -2.24. The number of rotatable bonds is 6. The molecule has 13 heteroatoms. The van der Waals surface area contributed by atoms with E-state index in [0.29, 0.717) is 0 Å². The number of hydrogen-bond acceptors (Lipinski definition) is 7. The number of Topliss-reactive ketones (excluding diaryl/α,β-unsaturated/α-hetero) is 1. The lowest BCUT2D eigenvalue weighted by Gasteiger charge is -2.15. The largest absolute Gasteiger partial charge is 0.399 e. The Balaban J connectivity index is 5.10. The molecule has 0 aliphatic heterocycles. The number of carbonyl (C=O) groups is 3. The van der Waals surface area contributed by atoms with Crippen LogP contribution in [0, 0.1) is 0 Å². The van der Waals surface area contributed by atoms with Gasteiger partial charge in [0.05, 0.1) is 0 Å². The van der Waals surface area contributed by atoms with Gasteiger partial charge in [-0.2, -0.15) is 0 Å². The van der Waals surface area contributed by atoms with E-state index in [1.54, 1.807) is 0 Å². The molecular weight excluding hydrogens is 298 g/mol. The van der Waals surface area contributed by atoms with Crippen molar-refractivity contribution in [3.8, 4) is 0 Å². The Labute approximate surface area is 98.4 Å². The molecule has 0 radical (unpaired) electrons. The van der Waals surface area contributed by atoms with Gasteiger partial charge < -0.3 is 29.8 Å². The number of carbonyl (C=O) groups excluding carboxylic acids is 3. The van der Waals surface area contributed by atoms with E-state index in [4.69, 9.17) is 29.8 Å². The van der Waals surface area contributed by atoms with Gasteiger partial charge in [0.25, 0.3) is 5.52 Å². The third-order valence-electron chi connectivity index (χ3n) is 1.58. The van der Waals surface area contributed by atoms with Gasteiger partial charge in [-0.15, -0.1) is 0 Å². The van der Waals surface area contributed by atoms with Gasteiger partial charge in [-0.25, -0.2) is 0 Å². The minimum Gasteiger partial charge on any atom is -0.382 e. The molecule has 104 valence electrons. The highest BCUT2D eigenvalue weighted by molar-refractivity contribution is 7.73. The maximum absolute atomic E-state index is 10.9. The van der Waals surface area contributed by atoms with Gasteiger partial charge in [-0.3, -0.25) is 23.5 Å². The van der Waals surface area contributed by atoms with Crippen LogP contribution >= 0.6 is 15.2 Å². The van der Waals surface area contributed by atoms with Crippen LogP contribution in [0.4, 0.5) is 0 Å². The van der Waals surface area contributed by atoms with Crippen molar-refractivity contribution in [1.82, 2.24) is 0 Å². The lowest BCUT2D eigenvalue weighted by atomic mass is 10.1. The molecule has 2 unspecified atom stereocenters. The van der Waals surface area contributed by atoms with Crippen molar-refractivity contribution in [2.24, 2.45) is 0 Å². The topological polar surface area (TPSA) is 207 Å². The van der Waals surface area contributed by atoms with Gasteiger partial charge >= 0.3 is 20.7 Å². The summed E-state index contributed by atoms with van der Waals surface area (Å²) in [7, 11) is -11.0. The molecule has 0 bridgehead atoms. The van der Waals surface area contributed by atoms with Crippen LogP contribution in [0.25, 0.3) is 0 Å². The first-order valence-corrected chi connectivity index (χ1v) is 7.13. The predicted molar refractivity (Wildman–Crippen MR) is 51.1 cm³/mol. The SMILES string of the molecule is O=C(C(=O)P(=O)(O)O)C(O)C(O)C(=O)P(=O)(O)O. The van der Waals surface area contributed by atoms with Crippen molar-refractivity contribution in [1.29, 1.82) is 0 Å². The highest BCUT2D eigenvalue weighted by atomic mass is 31.2. The summed E-state index contributed by atoms with van der Waals surface area (Å²) in [6, 6.07) is 0. The van der Waals surface area contributed by atoms with Crippen LogP contribution in [0.15, 0.2) is 0 Å². The molecule has 0 heterocycles. The van der Waals surface area contributed by atoms with Gasteiger partial charge in [-0.05, 0) is 0 Å². The zero-order valence-corrected chi connectivity index (χ0v) is 10.1. The summed E-state index contributed by atoms with van der Waals surface area (Å²) < 4.78 is 20.7. The number of aliphatic hydroxyl groups is 2. The number of aliphatic hydroxyl groups excluding tert-OH is 2. The van der Waals surface area contributed by atoms with Crippen molar-refractivity contribution in [3.05, 3.63) is 0 Å². The summed E-state index contributed by atoms with van der Waals surface area (Å²) in [6.07, 6.45) is -5.96. The molecular formula is C5H8O11P2. The highest BCUT2D eigenvalue weighted by Gasteiger charge is 2.45. The third-order valence-corrected chi connectivity index (χ3v) is 3.17. The van der Waals surface area contributed by atoms with Gasteiger partial charge in [-0.1, -0.05) is 0 Å². The molecule has 0 rings (SSSR count). The van der Waals surface area contributed by atoms with Crippen molar-refractivity contribution in [3.63, 3.8) is 0 Å². The molecule has 0 aliphatic rings. The average Bonchev–Trinajstić information content (AvgIpc) is 2.21. The van der Waals surface area contributed by atoms with Crippen LogP contribution < -0.4 is 0 Å². The summed E-state index contributed by atoms with van der Waals surface area (Å²) in [5, 5.41) is 17.8. The fourth-order valence-corrected chi connectivity index (χ4v) is 1.63. The highest BCUT2D eigenvalue weighted by Crippen LogP contribution is 2.39. The summed E-state index contributed by atoms with van der Waals surface area (Å²) in [6.45, 7) is 0. The second-order valence-corrected chi connectivity index (χ2v) is 6.01. The molecule has 0 fully saturated rings. The van der Waals surface area contributed by atoms with Crippen LogP contribution in [0.2, 0.25) is 0 Å². The minimum atomic E-state index is -5.54. The van der Waals surface area contributed by atoms with Crippen LogP contribution in [0.5, 0.6) is 0 Å². The smallest absolute Gasteiger partial charge is 0.382 e. The van der Waals surface area contributed by atoms with Crippen molar-refractivity contribution < 1.29 is 53.3 Å². The van der Waals surface area contributed by atoms with Gasteiger partial charge in [0.2, 0.25) is 5.78 Å². The Hall–Kier alpha value is -0.770. The molecule has 0 aromatic carbocycles. The summed E-state index contributed by atoms with van der Waals surface area (Å²) in [4.78, 5) is 65.6. The fourth-order valence-electron chi connectivity index (χ4n) is 0.721. The normalized spacial score (nSPS) is 15.9. The Bertz CT molecular complexity index is 468. The average molecular weight is 306 g/mol. The third kappa shape index (κ3) is 4.16. The molecule has 11 nitrogen and oxygen atoms in total. The van der Waals surface area contributed by atoms with E-state index in [1.165, 1.54) is 0 Å². The van der Waals surface area contributed by atoms with E-state index in [1.807, 2.05) is 0 Å². The van der Waals surface area contributed by atoms with E-state index in [9.17, 15) is 23.5 Å². The zero-order chi connectivity index (χ0) is 14.9. The van der Waals surface area contributed by atoms with Crippen LogP contribution in [-0.4, -0.2) is 58.8 Å². The molecule has 0 aromatic heterocycles. The first-order valence-electron chi connectivity index (χ1n) is 3.90. The molecule has 18 heavy (non-hydrogen) atoms. The minimum absolute atomic E-state index is 2.24. The lowest BCUT2D eigenvalue weighted by molar-refractivity contribution is -0.145. The Kier molecular flexibility index (Phi) is 5.24. The van der Waals surface area contributed by atoms with E-state index >= 15 is 0 Å². The van der Waals surface area contributed by atoms with Crippen molar-refractivity contribution in [2.45, 2.75) is 12.2 Å². The van der Waals surface area contributed by atoms with Crippen LogP contribution in [-0.2, 0) is 23.5 Å². The second kappa shape index (κ2) is 5.47. The molecule has 0 amide bonds. The van der Waals surface area contributed by atoms with Gasteiger partial charge in [0, 0.05) is 0 Å². The molecule has 0 aromatic rings. The molecule has 0 spiro atoms. The molecule has 0 saturated carbocycles. The fraction of sp³-hybridized carbons (Fsp3) is 0.400. The maximum Gasteiger partial charge on any atom is 0.399 e. The number of hydrogen-bond donors (Lipinski definition) is 6. The monoisotopic (exact) mass is 306 g/mol. The molecule has 0 saturated heterocycles. The van der Waals surface area contributed by atoms with E-state index in [0.717, 1.165) is 0 Å². The Morgan fingerprint density at radius 3 is 1.44 bits per heavy atom. The van der Waals surface area contributed by atoms with Crippen molar-refractivity contribution in [2.75, 3.05) is 0 Å². The predicted octanol–water partition coefficient (Wildman–Crippen LogP) is -3.31.